The van der Waals surface area contributed by atoms with Gasteiger partial charge in [0.05, 0.1) is 0 Å². The van der Waals surface area contributed by atoms with Crippen molar-refractivity contribution in [2.75, 3.05) is 0 Å². The first-order valence-electron chi connectivity index (χ1n) is 4.42. The predicted octanol–water partition coefficient (Wildman–Crippen LogP) is 1.01. The highest BCUT2D eigenvalue weighted by molar-refractivity contribution is 5.73. The number of hydrogen-bond acceptors (Lipinski definition) is 2. The maximum absolute atomic E-state index is 10.7. The molecular weight excluding hydrogens is 170 g/mol. The molecule has 0 radical (unpaired) electrons. The first-order valence-corrected chi connectivity index (χ1v) is 4.42. The normalized spacial score (nSPS) is 12.6. The third-order valence-corrected chi connectivity index (χ3v) is 1.86. The lowest BCUT2D eigenvalue weighted by Gasteiger charge is -2.20. The minimum absolute atomic E-state index is 0.0337. The topological polar surface area (TPSA) is 66.4 Å². The van der Waals surface area contributed by atoms with Crippen LogP contribution in [0, 0.1) is 5.92 Å². The molecule has 0 heterocycles. The van der Waals surface area contributed by atoms with Crippen molar-refractivity contribution >= 4 is 11.9 Å². The molecule has 4 nitrogen and oxygen atoms in total. The third kappa shape index (κ3) is 6.13. The van der Waals surface area contributed by atoms with E-state index in [4.69, 9.17) is 5.11 Å². The van der Waals surface area contributed by atoms with Crippen LogP contribution in [0.4, 0.5) is 0 Å². The van der Waals surface area contributed by atoms with Gasteiger partial charge in [0.25, 0.3) is 0 Å². The van der Waals surface area contributed by atoms with Crippen LogP contribution in [0.25, 0.3) is 0 Å². The molecule has 0 rings (SSSR count). The maximum atomic E-state index is 10.7. The summed E-state index contributed by atoms with van der Waals surface area (Å²) in [7, 11) is 0. The van der Waals surface area contributed by atoms with E-state index in [9.17, 15) is 9.59 Å². The SMILES string of the molecule is CC(=O)NC(CCC(=O)O)C(C)C. The smallest absolute Gasteiger partial charge is 0.303 e. The molecule has 0 aliphatic rings. The van der Waals surface area contributed by atoms with E-state index in [2.05, 4.69) is 5.32 Å². The molecule has 0 saturated carbocycles. The van der Waals surface area contributed by atoms with Crippen LogP contribution in [0.1, 0.15) is 33.6 Å². The standard InChI is InChI=1S/C9H17NO3/c1-6(2)8(10-7(3)11)4-5-9(12)13/h6,8H,4-5H2,1-3H3,(H,10,11)(H,12,13). The van der Waals surface area contributed by atoms with E-state index in [0.29, 0.717) is 6.42 Å². The maximum Gasteiger partial charge on any atom is 0.303 e. The molecule has 0 aliphatic heterocycles. The zero-order chi connectivity index (χ0) is 10.4. The fraction of sp³-hybridized carbons (Fsp3) is 0.778. The summed E-state index contributed by atoms with van der Waals surface area (Å²) in [5.74, 6) is -0.664. The highest BCUT2D eigenvalue weighted by Gasteiger charge is 2.15. The van der Waals surface area contributed by atoms with Gasteiger partial charge in [0.1, 0.15) is 0 Å². The molecule has 0 aromatic heterocycles. The van der Waals surface area contributed by atoms with E-state index < -0.39 is 5.97 Å². The molecule has 1 atom stereocenters. The molecule has 0 aromatic rings. The van der Waals surface area contributed by atoms with Gasteiger partial charge in [0.2, 0.25) is 5.91 Å². The Morgan fingerprint density at radius 2 is 1.92 bits per heavy atom. The van der Waals surface area contributed by atoms with Crippen molar-refractivity contribution in [3.63, 3.8) is 0 Å². The van der Waals surface area contributed by atoms with Crippen molar-refractivity contribution in [2.24, 2.45) is 5.92 Å². The van der Waals surface area contributed by atoms with Gasteiger partial charge < -0.3 is 10.4 Å². The Labute approximate surface area is 78.3 Å². The number of carbonyl (C=O) groups excluding carboxylic acids is 1. The molecule has 13 heavy (non-hydrogen) atoms. The number of nitrogens with one attached hydrogen (secondary N) is 1. The molecule has 0 spiro atoms. The quantitative estimate of drug-likeness (QED) is 0.675. The van der Waals surface area contributed by atoms with Crippen LogP contribution in [0.15, 0.2) is 0 Å². The molecule has 1 amide bonds. The Kier molecular flexibility index (Phi) is 5.11. The van der Waals surface area contributed by atoms with E-state index in [1.54, 1.807) is 0 Å². The molecule has 2 N–H and O–H groups in total. The Balaban J connectivity index is 3.95. The van der Waals surface area contributed by atoms with Gasteiger partial charge in [0, 0.05) is 19.4 Å². The molecule has 0 aromatic carbocycles. The Bertz CT molecular complexity index is 189. The second-order valence-corrected chi connectivity index (χ2v) is 3.48. The van der Waals surface area contributed by atoms with E-state index in [1.807, 2.05) is 13.8 Å². The Hall–Kier alpha value is -1.06. The summed E-state index contributed by atoms with van der Waals surface area (Å²) in [6, 6.07) is -0.0337. The van der Waals surface area contributed by atoms with Crippen molar-refractivity contribution in [2.45, 2.75) is 39.7 Å². The highest BCUT2D eigenvalue weighted by atomic mass is 16.4. The van der Waals surface area contributed by atoms with Gasteiger partial charge in [-0.2, -0.15) is 0 Å². The van der Waals surface area contributed by atoms with E-state index >= 15 is 0 Å². The molecule has 76 valence electrons. The summed E-state index contributed by atoms with van der Waals surface area (Å²) in [6.07, 6.45) is 0.593. The Morgan fingerprint density at radius 3 is 2.23 bits per heavy atom. The number of carbonyl (C=O) groups is 2. The average molecular weight is 187 g/mol. The number of aliphatic carboxylic acids is 1. The van der Waals surface area contributed by atoms with Gasteiger partial charge >= 0.3 is 5.97 Å². The van der Waals surface area contributed by atoms with Crippen LogP contribution in [0.2, 0.25) is 0 Å². The van der Waals surface area contributed by atoms with Gasteiger partial charge in [0.15, 0.2) is 0 Å². The lowest BCUT2D eigenvalue weighted by molar-refractivity contribution is -0.137. The lowest BCUT2D eigenvalue weighted by Crippen LogP contribution is -2.37. The second-order valence-electron chi connectivity index (χ2n) is 3.48. The summed E-state index contributed by atoms with van der Waals surface area (Å²) in [5.41, 5.74) is 0. The fourth-order valence-corrected chi connectivity index (χ4v) is 1.11. The monoisotopic (exact) mass is 187 g/mol. The predicted molar refractivity (Wildman–Crippen MR) is 49.3 cm³/mol. The molecular formula is C9H17NO3. The van der Waals surface area contributed by atoms with Crippen LogP contribution in [-0.4, -0.2) is 23.0 Å². The van der Waals surface area contributed by atoms with Gasteiger partial charge in [-0.1, -0.05) is 13.8 Å². The third-order valence-electron chi connectivity index (χ3n) is 1.86. The summed E-state index contributed by atoms with van der Waals surface area (Å²) in [4.78, 5) is 21.0. The van der Waals surface area contributed by atoms with Crippen LogP contribution in [-0.2, 0) is 9.59 Å². The summed E-state index contributed by atoms with van der Waals surface area (Å²) in [5, 5.41) is 11.2. The fourth-order valence-electron chi connectivity index (χ4n) is 1.11. The summed E-state index contributed by atoms with van der Waals surface area (Å²) in [6.45, 7) is 5.36. The van der Waals surface area contributed by atoms with Gasteiger partial charge in [-0.05, 0) is 12.3 Å². The van der Waals surface area contributed by atoms with Crippen molar-refractivity contribution in [1.29, 1.82) is 0 Å². The van der Waals surface area contributed by atoms with Crippen LogP contribution >= 0.6 is 0 Å². The molecule has 0 bridgehead atoms. The molecule has 0 fully saturated rings. The molecule has 4 heteroatoms. The summed E-state index contributed by atoms with van der Waals surface area (Å²) >= 11 is 0. The van der Waals surface area contributed by atoms with Crippen molar-refractivity contribution in [1.82, 2.24) is 5.32 Å². The second kappa shape index (κ2) is 5.56. The van der Waals surface area contributed by atoms with Gasteiger partial charge in [-0.25, -0.2) is 0 Å². The minimum Gasteiger partial charge on any atom is -0.481 e. The molecule has 0 saturated heterocycles. The number of carboxylic acids is 1. The van der Waals surface area contributed by atoms with E-state index in [-0.39, 0.29) is 24.3 Å². The number of amides is 1. The number of rotatable bonds is 5. The lowest BCUT2D eigenvalue weighted by atomic mass is 9.99. The first-order chi connectivity index (χ1) is 5.93. The zero-order valence-electron chi connectivity index (χ0n) is 8.33. The molecule has 0 aliphatic carbocycles. The average Bonchev–Trinajstić information content (AvgIpc) is 1.96. The minimum atomic E-state index is -0.823. The van der Waals surface area contributed by atoms with Crippen molar-refractivity contribution < 1.29 is 14.7 Å². The van der Waals surface area contributed by atoms with Crippen LogP contribution in [0.5, 0.6) is 0 Å². The Morgan fingerprint density at radius 1 is 1.38 bits per heavy atom. The zero-order valence-corrected chi connectivity index (χ0v) is 8.33. The molecule has 1 unspecified atom stereocenters. The first kappa shape index (κ1) is 11.9. The van der Waals surface area contributed by atoms with Crippen molar-refractivity contribution in [3.05, 3.63) is 0 Å². The summed E-state index contributed by atoms with van der Waals surface area (Å²) < 4.78 is 0. The van der Waals surface area contributed by atoms with Crippen LogP contribution < -0.4 is 5.32 Å². The van der Waals surface area contributed by atoms with Crippen LogP contribution in [0.3, 0.4) is 0 Å². The van der Waals surface area contributed by atoms with E-state index in [1.165, 1.54) is 6.92 Å². The number of carboxylic acid groups (broad SMARTS) is 1. The van der Waals surface area contributed by atoms with E-state index in [0.717, 1.165) is 0 Å². The largest absolute Gasteiger partial charge is 0.481 e. The highest BCUT2D eigenvalue weighted by Crippen LogP contribution is 2.08. The van der Waals surface area contributed by atoms with Crippen molar-refractivity contribution in [3.8, 4) is 0 Å². The number of hydrogen-bond donors (Lipinski definition) is 2. The van der Waals surface area contributed by atoms with Gasteiger partial charge in [-0.3, -0.25) is 9.59 Å². The van der Waals surface area contributed by atoms with Gasteiger partial charge in [-0.15, -0.1) is 0 Å².